The van der Waals surface area contributed by atoms with Crippen molar-refractivity contribution in [2.45, 2.75) is 39.2 Å². The number of carbonyl (C=O) groups is 2. The minimum absolute atomic E-state index is 0.0988. The van der Waals surface area contributed by atoms with E-state index in [1.807, 2.05) is 61.5 Å². The number of carbonyl (C=O) groups excluding carboxylic acids is 2. The van der Waals surface area contributed by atoms with Crippen molar-refractivity contribution in [2.75, 3.05) is 6.61 Å². The van der Waals surface area contributed by atoms with Crippen molar-refractivity contribution < 1.29 is 14.3 Å². The normalized spacial score (nSPS) is 11.6. The van der Waals surface area contributed by atoms with Gasteiger partial charge in [0.15, 0.2) is 6.61 Å². The van der Waals surface area contributed by atoms with Crippen molar-refractivity contribution >= 4 is 11.9 Å². The molecule has 4 heteroatoms. The Kier molecular flexibility index (Phi) is 7.20. The van der Waals surface area contributed by atoms with E-state index in [-0.39, 0.29) is 25.0 Å². The fourth-order valence-corrected chi connectivity index (χ4v) is 2.63. The zero-order valence-electron chi connectivity index (χ0n) is 14.8. The van der Waals surface area contributed by atoms with Crippen LogP contribution in [0.2, 0.25) is 0 Å². The molecule has 0 radical (unpaired) electrons. The lowest BCUT2D eigenvalue weighted by molar-refractivity contribution is -0.148. The number of rotatable bonds is 8. The molecular weight excluding hydrogens is 314 g/mol. The summed E-state index contributed by atoms with van der Waals surface area (Å²) in [6.45, 7) is 3.78. The molecule has 1 unspecified atom stereocenters. The fraction of sp³-hybridized carbons (Fsp3) is 0.333. The van der Waals surface area contributed by atoms with Gasteiger partial charge in [-0.05, 0) is 30.0 Å². The second kappa shape index (κ2) is 9.62. The second-order valence-electron chi connectivity index (χ2n) is 6.16. The number of hydrogen-bond donors (Lipinski definition) is 1. The highest BCUT2D eigenvalue weighted by Gasteiger charge is 2.11. The molecule has 0 spiro atoms. The summed E-state index contributed by atoms with van der Waals surface area (Å²) in [4.78, 5) is 23.6. The van der Waals surface area contributed by atoms with Gasteiger partial charge in [0.05, 0.1) is 6.42 Å². The minimum atomic E-state index is -0.397. The topological polar surface area (TPSA) is 55.4 Å². The molecular formula is C21H25NO3. The molecule has 0 aliphatic heterocycles. The lowest BCUT2D eigenvalue weighted by Crippen LogP contribution is -2.35. The average Bonchev–Trinajstić information content (AvgIpc) is 2.61. The molecule has 4 nitrogen and oxygen atoms in total. The van der Waals surface area contributed by atoms with Crippen molar-refractivity contribution in [3.8, 4) is 11.1 Å². The standard InChI is InChI=1S/C21H25NO3/c1-3-7-16(2)22-20(23)15-25-21(24)14-17-10-12-19(13-11-17)18-8-5-4-6-9-18/h4-6,8-13,16H,3,7,14-15H2,1-2H3,(H,22,23). The summed E-state index contributed by atoms with van der Waals surface area (Å²) >= 11 is 0. The maximum absolute atomic E-state index is 11.9. The van der Waals surface area contributed by atoms with Gasteiger partial charge in [-0.3, -0.25) is 9.59 Å². The zero-order chi connectivity index (χ0) is 18.1. The summed E-state index contributed by atoms with van der Waals surface area (Å²) in [5, 5.41) is 2.81. The Balaban J connectivity index is 1.80. The summed E-state index contributed by atoms with van der Waals surface area (Å²) in [5.41, 5.74) is 3.10. The number of amides is 1. The lowest BCUT2D eigenvalue weighted by atomic mass is 10.0. The highest BCUT2D eigenvalue weighted by molar-refractivity contribution is 5.81. The number of benzene rings is 2. The van der Waals surface area contributed by atoms with Crippen LogP contribution in [0.25, 0.3) is 11.1 Å². The van der Waals surface area contributed by atoms with E-state index in [1.54, 1.807) is 0 Å². The monoisotopic (exact) mass is 339 g/mol. The first-order chi connectivity index (χ1) is 12.1. The summed E-state index contributed by atoms with van der Waals surface area (Å²) in [6, 6.07) is 17.9. The lowest BCUT2D eigenvalue weighted by Gasteiger charge is -2.12. The van der Waals surface area contributed by atoms with Crippen LogP contribution in [-0.2, 0) is 20.7 Å². The van der Waals surface area contributed by atoms with E-state index < -0.39 is 5.97 Å². The van der Waals surface area contributed by atoms with Gasteiger partial charge < -0.3 is 10.1 Å². The number of nitrogens with one attached hydrogen (secondary N) is 1. The van der Waals surface area contributed by atoms with Crippen molar-refractivity contribution in [3.63, 3.8) is 0 Å². The smallest absolute Gasteiger partial charge is 0.310 e. The molecule has 1 N–H and O–H groups in total. The molecule has 0 aliphatic rings. The van der Waals surface area contributed by atoms with Gasteiger partial charge in [-0.1, -0.05) is 67.9 Å². The van der Waals surface area contributed by atoms with E-state index in [0.717, 1.165) is 29.5 Å². The van der Waals surface area contributed by atoms with E-state index in [4.69, 9.17) is 4.74 Å². The SMILES string of the molecule is CCCC(C)NC(=O)COC(=O)Cc1ccc(-c2ccccc2)cc1. The van der Waals surface area contributed by atoms with Gasteiger partial charge in [-0.25, -0.2) is 0 Å². The zero-order valence-corrected chi connectivity index (χ0v) is 14.8. The first kappa shape index (κ1) is 18.7. The predicted octanol–water partition coefficient (Wildman–Crippen LogP) is 3.74. The van der Waals surface area contributed by atoms with Crippen molar-refractivity contribution in [1.82, 2.24) is 5.32 Å². The van der Waals surface area contributed by atoms with E-state index in [1.165, 1.54) is 0 Å². The van der Waals surface area contributed by atoms with Gasteiger partial charge in [0.1, 0.15) is 0 Å². The minimum Gasteiger partial charge on any atom is -0.455 e. The van der Waals surface area contributed by atoms with E-state index in [0.29, 0.717) is 0 Å². The van der Waals surface area contributed by atoms with Gasteiger partial charge in [0, 0.05) is 6.04 Å². The van der Waals surface area contributed by atoms with E-state index in [2.05, 4.69) is 12.2 Å². The third-order valence-corrected chi connectivity index (χ3v) is 3.90. The van der Waals surface area contributed by atoms with Crippen molar-refractivity contribution in [3.05, 3.63) is 60.2 Å². The second-order valence-corrected chi connectivity index (χ2v) is 6.16. The number of ether oxygens (including phenoxy) is 1. The van der Waals surface area contributed by atoms with Gasteiger partial charge >= 0.3 is 5.97 Å². The maximum Gasteiger partial charge on any atom is 0.310 e. The van der Waals surface area contributed by atoms with Crippen LogP contribution in [0.4, 0.5) is 0 Å². The largest absolute Gasteiger partial charge is 0.455 e. The van der Waals surface area contributed by atoms with Gasteiger partial charge in [0.25, 0.3) is 5.91 Å². The molecule has 0 saturated heterocycles. The molecule has 132 valence electrons. The molecule has 0 aromatic heterocycles. The first-order valence-electron chi connectivity index (χ1n) is 8.68. The molecule has 2 rings (SSSR count). The highest BCUT2D eigenvalue weighted by Crippen LogP contribution is 2.19. The van der Waals surface area contributed by atoms with E-state index in [9.17, 15) is 9.59 Å². The number of hydrogen-bond acceptors (Lipinski definition) is 3. The van der Waals surface area contributed by atoms with Crippen LogP contribution in [0.1, 0.15) is 32.3 Å². The molecule has 1 amide bonds. The fourth-order valence-electron chi connectivity index (χ4n) is 2.63. The Morgan fingerprint density at radius 3 is 2.28 bits per heavy atom. The predicted molar refractivity (Wildman–Crippen MR) is 99.1 cm³/mol. The Labute approximate surface area is 149 Å². The van der Waals surface area contributed by atoms with Gasteiger partial charge in [0.2, 0.25) is 0 Å². The summed E-state index contributed by atoms with van der Waals surface area (Å²) in [5.74, 6) is -0.653. The summed E-state index contributed by atoms with van der Waals surface area (Å²) < 4.78 is 5.05. The van der Waals surface area contributed by atoms with Crippen molar-refractivity contribution in [2.24, 2.45) is 0 Å². The van der Waals surface area contributed by atoms with E-state index >= 15 is 0 Å². The summed E-state index contributed by atoms with van der Waals surface area (Å²) in [6.07, 6.45) is 2.07. The van der Waals surface area contributed by atoms with Crippen LogP contribution in [0.5, 0.6) is 0 Å². The van der Waals surface area contributed by atoms with Crippen LogP contribution in [-0.4, -0.2) is 24.5 Å². The maximum atomic E-state index is 11.9. The Morgan fingerprint density at radius 2 is 1.64 bits per heavy atom. The van der Waals surface area contributed by atoms with Crippen LogP contribution in [0, 0.1) is 0 Å². The van der Waals surface area contributed by atoms with Crippen LogP contribution in [0.3, 0.4) is 0 Å². The molecule has 2 aromatic rings. The first-order valence-corrected chi connectivity index (χ1v) is 8.68. The molecule has 2 aromatic carbocycles. The Bertz CT molecular complexity index is 680. The van der Waals surface area contributed by atoms with Gasteiger partial charge in [-0.15, -0.1) is 0 Å². The molecule has 0 heterocycles. The van der Waals surface area contributed by atoms with Gasteiger partial charge in [-0.2, -0.15) is 0 Å². The molecule has 0 bridgehead atoms. The summed E-state index contributed by atoms with van der Waals surface area (Å²) in [7, 11) is 0. The van der Waals surface area contributed by atoms with Crippen molar-refractivity contribution in [1.29, 1.82) is 0 Å². The third-order valence-electron chi connectivity index (χ3n) is 3.90. The third kappa shape index (κ3) is 6.42. The van der Waals surface area contributed by atoms with Crippen LogP contribution < -0.4 is 5.32 Å². The molecule has 25 heavy (non-hydrogen) atoms. The Hall–Kier alpha value is -2.62. The molecule has 0 saturated carbocycles. The number of esters is 1. The highest BCUT2D eigenvalue weighted by atomic mass is 16.5. The van der Waals surface area contributed by atoms with Crippen LogP contribution >= 0.6 is 0 Å². The molecule has 0 fully saturated rings. The van der Waals surface area contributed by atoms with Crippen LogP contribution in [0.15, 0.2) is 54.6 Å². The average molecular weight is 339 g/mol. The molecule has 1 atom stereocenters. The molecule has 0 aliphatic carbocycles. The Morgan fingerprint density at radius 1 is 1.00 bits per heavy atom. The quantitative estimate of drug-likeness (QED) is 0.745.